The molecular formula is C28H51NO9. The van der Waals surface area contributed by atoms with Crippen LogP contribution in [0.15, 0.2) is 0 Å². The molecule has 3 fully saturated rings. The van der Waals surface area contributed by atoms with Crippen LogP contribution in [0.3, 0.4) is 0 Å². The average molecular weight is 546 g/mol. The summed E-state index contributed by atoms with van der Waals surface area (Å²) in [5, 5.41) is 47.6. The van der Waals surface area contributed by atoms with Gasteiger partial charge in [0, 0.05) is 17.9 Å². The van der Waals surface area contributed by atoms with Crippen LogP contribution in [0.25, 0.3) is 0 Å². The van der Waals surface area contributed by atoms with Crippen molar-refractivity contribution in [2.24, 2.45) is 23.7 Å². The smallest absolute Gasteiger partial charge is 0.311 e. The largest absolute Gasteiger partial charge is 0.459 e. The molecule has 3 saturated heterocycles. The Kier molecular flexibility index (Phi) is 9.96. The van der Waals surface area contributed by atoms with Crippen molar-refractivity contribution in [3.63, 3.8) is 0 Å². The third kappa shape index (κ3) is 5.93. The third-order valence-electron chi connectivity index (χ3n) is 9.37. The summed E-state index contributed by atoms with van der Waals surface area (Å²) in [7, 11) is 1.78. The average Bonchev–Trinajstić information content (AvgIpc) is 3.18. The molecule has 0 aromatic rings. The number of carbonyl (C=O) groups excluding carboxylic acids is 1. The highest BCUT2D eigenvalue weighted by Crippen LogP contribution is 2.47. The lowest BCUT2D eigenvalue weighted by Crippen LogP contribution is -2.58. The molecule has 0 aliphatic carbocycles. The fraction of sp³-hybridized carbons (Fsp3) is 0.964. The van der Waals surface area contributed by atoms with E-state index in [1.165, 1.54) is 6.92 Å². The molecule has 3 heterocycles. The van der Waals surface area contributed by atoms with Crippen LogP contribution in [-0.4, -0.2) is 99.7 Å². The van der Waals surface area contributed by atoms with Crippen molar-refractivity contribution in [2.45, 2.75) is 141 Å². The van der Waals surface area contributed by atoms with E-state index in [9.17, 15) is 25.2 Å². The van der Waals surface area contributed by atoms with Crippen LogP contribution in [0.4, 0.5) is 0 Å². The summed E-state index contributed by atoms with van der Waals surface area (Å²) in [5.74, 6) is -2.70. The second-order valence-corrected chi connectivity index (χ2v) is 12.6. The number of carbonyl (C=O) groups is 1. The second kappa shape index (κ2) is 11.9. The van der Waals surface area contributed by atoms with Crippen LogP contribution >= 0.6 is 0 Å². The molecule has 15 atom stereocenters. The van der Waals surface area contributed by atoms with Gasteiger partial charge in [-0.3, -0.25) is 4.79 Å². The highest BCUT2D eigenvalue weighted by atomic mass is 16.7. The number of aliphatic hydroxyl groups excluding tert-OH is 3. The molecule has 0 radical (unpaired) electrons. The molecule has 7 unspecified atom stereocenters. The minimum absolute atomic E-state index is 0.0146. The Balaban J connectivity index is 2.03. The number of fused-ring (bicyclic) bond motifs is 2. The summed E-state index contributed by atoms with van der Waals surface area (Å²) in [5.41, 5.74) is -2.63. The van der Waals surface area contributed by atoms with Crippen molar-refractivity contribution in [1.82, 2.24) is 5.32 Å². The second-order valence-electron chi connectivity index (χ2n) is 12.6. The first-order chi connectivity index (χ1) is 17.6. The van der Waals surface area contributed by atoms with Crippen molar-refractivity contribution in [1.29, 1.82) is 0 Å². The number of rotatable bonds is 6. The fourth-order valence-corrected chi connectivity index (χ4v) is 7.00. The van der Waals surface area contributed by atoms with E-state index in [1.807, 2.05) is 27.7 Å². The lowest BCUT2D eigenvalue weighted by molar-refractivity contribution is -0.296. The van der Waals surface area contributed by atoms with Crippen molar-refractivity contribution in [2.75, 3.05) is 7.05 Å². The predicted molar refractivity (Wildman–Crippen MR) is 140 cm³/mol. The molecule has 0 amide bonds. The van der Waals surface area contributed by atoms with Crippen LogP contribution < -0.4 is 5.32 Å². The summed E-state index contributed by atoms with van der Waals surface area (Å²) in [6, 6.07) is -0.224. The highest BCUT2D eigenvalue weighted by Gasteiger charge is 2.57. The summed E-state index contributed by atoms with van der Waals surface area (Å²) < 4.78 is 25.1. The van der Waals surface area contributed by atoms with Gasteiger partial charge in [0.05, 0.1) is 42.0 Å². The van der Waals surface area contributed by atoms with Crippen molar-refractivity contribution >= 4 is 5.97 Å². The maximum Gasteiger partial charge on any atom is 0.311 e. The molecule has 5 N–H and O–H groups in total. The van der Waals surface area contributed by atoms with Crippen LogP contribution in [0.1, 0.15) is 74.7 Å². The van der Waals surface area contributed by atoms with E-state index in [1.54, 1.807) is 27.8 Å². The van der Waals surface area contributed by atoms with E-state index in [-0.39, 0.29) is 24.5 Å². The monoisotopic (exact) mass is 545 g/mol. The van der Waals surface area contributed by atoms with Gasteiger partial charge in [0.2, 0.25) is 0 Å². The number of hydrogen-bond donors (Lipinski definition) is 5. The maximum absolute atomic E-state index is 13.3. The molecule has 0 saturated carbocycles. The standard InChI is InChI=1S/C28H51NO9/c1-10-19(30)28(8,34)24-17(6)22-13(2)12-27(7,38-22)23(15(4)20(31)16(5)25(33)36-24)37-26-21(32)18(29-9)11-14(3)35-26/h13-24,26,29-32,34H,10-12H2,1-9H3/t13?,14?,15-,16+,17-,18?,19+,20+,21?,22?,23+,24+,26?,27?,28+/m0/s1. The maximum atomic E-state index is 13.3. The number of hydrogen-bond acceptors (Lipinski definition) is 10. The minimum Gasteiger partial charge on any atom is -0.459 e. The third-order valence-corrected chi connectivity index (χ3v) is 9.37. The first kappa shape index (κ1) is 31.7. The molecule has 2 bridgehead atoms. The van der Waals surface area contributed by atoms with Crippen LogP contribution in [0.5, 0.6) is 0 Å². The molecule has 222 valence electrons. The molecule has 10 nitrogen and oxygen atoms in total. The Hall–Kier alpha value is -0.850. The van der Waals surface area contributed by atoms with Gasteiger partial charge in [-0.15, -0.1) is 0 Å². The van der Waals surface area contributed by atoms with E-state index >= 15 is 0 Å². The Labute approximate surface area is 227 Å². The van der Waals surface area contributed by atoms with E-state index in [0.29, 0.717) is 12.8 Å². The van der Waals surface area contributed by atoms with Gasteiger partial charge in [0.15, 0.2) is 6.29 Å². The Morgan fingerprint density at radius 2 is 1.79 bits per heavy atom. The molecule has 0 aromatic carbocycles. The van der Waals surface area contributed by atoms with E-state index < -0.39 is 77.8 Å². The fourth-order valence-electron chi connectivity index (χ4n) is 7.00. The zero-order chi connectivity index (χ0) is 28.7. The number of aliphatic hydroxyl groups is 4. The zero-order valence-corrected chi connectivity index (χ0v) is 24.5. The van der Waals surface area contributed by atoms with Crippen LogP contribution in [0.2, 0.25) is 0 Å². The Bertz CT molecular complexity index is 811. The summed E-state index contributed by atoms with van der Waals surface area (Å²) in [6.07, 6.45) is -5.10. The molecule has 0 spiro atoms. The first-order valence-electron chi connectivity index (χ1n) is 14.2. The summed E-state index contributed by atoms with van der Waals surface area (Å²) in [6.45, 7) is 14.4. The van der Waals surface area contributed by atoms with Crippen molar-refractivity contribution in [3.05, 3.63) is 0 Å². The van der Waals surface area contributed by atoms with Gasteiger partial charge < -0.3 is 44.7 Å². The molecular weight excluding hydrogens is 494 g/mol. The van der Waals surface area contributed by atoms with E-state index in [2.05, 4.69) is 5.32 Å². The first-order valence-corrected chi connectivity index (χ1v) is 14.2. The van der Waals surface area contributed by atoms with Gasteiger partial charge >= 0.3 is 5.97 Å². The number of esters is 1. The lowest BCUT2D eigenvalue weighted by Gasteiger charge is -2.45. The summed E-state index contributed by atoms with van der Waals surface area (Å²) >= 11 is 0. The number of ether oxygens (including phenoxy) is 4. The number of nitrogens with one attached hydrogen (secondary N) is 1. The van der Waals surface area contributed by atoms with E-state index in [0.717, 1.165) is 0 Å². The van der Waals surface area contributed by atoms with Gasteiger partial charge in [-0.2, -0.15) is 0 Å². The summed E-state index contributed by atoms with van der Waals surface area (Å²) in [4.78, 5) is 13.3. The molecule has 3 rings (SSSR count). The molecule has 3 aliphatic rings. The molecule has 10 heteroatoms. The molecule has 38 heavy (non-hydrogen) atoms. The topological polar surface area (TPSA) is 147 Å². The van der Waals surface area contributed by atoms with Gasteiger partial charge in [-0.25, -0.2) is 0 Å². The number of cyclic esters (lactones) is 1. The normalized spacial score (nSPS) is 49.0. The van der Waals surface area contributed by atoms with E-state index in [4.69, 9.17) is 18.9 Å². The van der Waals surface area contributed by atoms with Crippen molar-refractivity contribution in [3.8, 4) is 0 Å². The van der Waals surface area contributed by atoms with Crippen molar-refractivity contribution < 1.29 is 44.2 Å². The van der Waals surface area contributed by atoms with Crippen LogP contribution in [0, 0.1) is 23.7 Å². The number of likely N-dealkylation sites (N-methyl/N-ethyl adjacent to an activating group) is 1. The van der Waals surface area contributed by atoms with Gasteiger partial charge in [0.1, 0.15) is 17.8 Å². The van der Waals surface area contributed by atoms with Gasteiger partial charge in [-0.05, 0) is 59.9 Å². The molecule has 0 aromatic heterocycles. The predicted octanol–water partition coefficient (Wildman–Crippen LogP) is 1.36. The van der Waals surface area contributed by atoms with Crippen LogP contribution in [-0.2, 0) is 23.7 Å². The minimum atomic E-state index is -1.73. The SMILES string of the molecule is CC[C@@H](O)[C@@](C)(O)[C@@H]1OC(=O)[C@H](C)[C@H](O)[C@H](C)[C@@H](OC2OC(C)CC(NC)C2O)C2(C)CC(C)C(O2)[C@@H]1C. The quantitative estimate of drug-likeness (QED) is 0.310. The highest BCUT2D eigenvalue weighted by molar-refractivity contribution is 5.73. The lowest BCUT2D eigenvalue weighted by atomic mass is 9.76. The van der Waals surface area contributed by atoms with Gasteiger partial charge in [0.25, 0.3) is 0 Å². The molecule has 3 aliphatic heterocycles. The Morgan fingerprint density at radius 1 is 1.16 bits per heavy atom. The van der Waals surface area contributed by atoms with Gasteiger partial charge in [-0.1, -0.05) is 27.7 Å². The Morgan fingerprint density at radius 3 is 2.37 bits per heavy atom. The zero-order valence-electron chi connectivity index (χ0n) is 24.5.